The Balaban J connectivity index is 3.43. The van der Waals surface area contributed by atoms with E-state index < -0.39 is 4.92 Å². The zero-order valence-electron chi connectivity index (χ0n) is 6.78. The molecule has 0 amide bonds. The van der Waals surface area contributed by atoms with E-state index in [1.807, 2.05) is 22.6 Å². The van der Waals surface area contributed by atoms with E-state index >= 15 is 0 Å². The van der Waals surface area contributed by atoms with Gasteiger partial charge in [0.1, 0.15) is 0 Å². The normalized spacial score (nSPS) is 9.69. The maximum absolute atomic E-state index is 11.0. The standard InChI is InChI=1S/C8H6INO3/c1-5(11)6-3-2-4-7(9)8(6)10(12)13/h2-4H,1H3. The Morgan fingerprint density at radius 3 is 2.54 bits per heavy atom. The van der Waals surface area contributed by atoms with E-state index in [1.54, 1.807) is 12.1 Å². The van der Waals surface area contributed by atoms with Gasteiger partial charge >= 0.3 is 0 Å². The highest BCUT2D eigenvalue weighted by atomic mass is 127. The van der Waals surface area contributed by atoms with Crippen LogP contribution in [0.15, 0.2) is 18.2 Å². The number of nitro groups is 1. The van der Waals surface area contributed by atoms with E-state index in [4.69, 9.17) is 0 Å². The van der Waals surface area contributed by atoms with Crippen LogP contribution in [0.4, 0.5) is 5.69 Å². The van der Waals surface area contributed by atoms with Crippen LogP contribution in [0.25, 0.3) is 0 Å². The van der Waals surface area contributed by atoms with Crippen molar-refractivity contribution in [1.82, 2.24) is 0 Å². The van der Waals surface area contributed by atoms with Crippen molar-refractivity contribution in [3.63, 3.8) is 0 Å². The van der Waals surface area contributed by atoms with Crippen molar-refractivity contribution < 1.29 is 9.72 Å². The highest BCUT2D eigenvalue weighted by Gasteiger charge is 2.20. The van der Waals surface area contributed by atoms with Gasteiger partial charge in [-0.3, -0.25) is 14.9 Å². The minimum Gasteiger partial charge on any atom is -0.294 e. The van der Waals surface area contributed by atoms with E-state index in [-0.39, 0.29) is 17.0 Å². The van der Waals surface area contributed by atoms with Crippen LogP contribution >= 0.6 is 22.6 Å². The lowest BCUT2D eigenvalue weighted by Crippen LogP contribution is -2.01. The fourth-order valence-corrected chi connectivity index (χ4v) is 1.68. The summed E-state index contributed by atoms with van der Waals surface area (Å²) in [6.07, 6.45) is 0. The molecule has 5 heteroatoms. The molecule has 0 atom stereocenters. The molecule has 0 radical (unpaired) electrons. The number of benzene rings is 1. The first-order valence-corrected chi connectivity index (χ1v) is 4.55. The van der Waals surface area contributed by atoms with Crippen molar-refractivity contribution in [2.24, 2.45) is 0 Å². The van der Waals surface area contributed by atoms with Crippen LogP contribution in [0.2, 0.25) is 0 Å². The number of para-hydroxylation sites is 1. The second-order valence-electron chi connectivity index (χ2n) is 2.45. The molecule has 0 unspecified atom stereocenters. The molecule has 1 aromatic rings. The Kier molecular flexibility index (Phi) is 2.97. The van der Waals surface area contributed by atoms with E-state index in [9.17, 15) is 14.9 Å². The van der Waals surface area contributed by atoms with Gasteiger partial charge in [0.15, 0.2) is 5.78 Å². The highest BCUT2D eigenvalue weighted by Crippen LogP contribution is 2.25. The summed E-state index contributed by atoms with van der Waals surface area (Å²) in [5, 5.41) is 10.6. The quantitative estimate of drug-likeness (QED) is 0.364. The topological polar surface area (TPSA) is 60.2 Å². The lowest BCUT2D eigenvalue weighted by atomic mass is 10.1. The predicted octanol–water partition coefficient (Wildman–Crippen LogP) is 2.40. The summed E-state index contributed by atoms with van der Waals surface area (Å²) < 4.78 is 0.482. The minimum atomic E-state index is -0.529. The summed E-state index contributed by atoms with van der Waals surface area (Å²) in [4.78, 5) is 21.1. The predicted molar refractivity (Wildman–Crippen MR) is 55.8 cm³/mol. The highest BCUT2D eigenvalue weighted by molar-refractivity contribution is 14.1. The van der Waals surface area contributed by atoms with Crippen molar-refractivity contribution in [1.29, 1.82) is 0 Å². The van der Waals surface area contributed by atoms with Gasteiger partial charge in [0.05, 0.1) is 14.1 Å². The number of ketones is 1. The van der Waals surface area contributed by atoms with Gasteiger partial charge in [-0.2, -0.15) is 0 Å². The second-order valence-corrected chi connectivity index (χ2v) is 3.61. The summed E-state index contributed by atoms with van der Waals surface area (Å²) in [5.74, 6) is -0.287. The van der Waals surface area contributed by atoms with Gasteiger partial charge in [0.2, 0.25) is 0 Å². The number of halogens is 1. The molecule has 0 aliphatic rings. The molecule has 0 N–H and O–H groups in total. The summed E-state index contributed by atoms with van der Waals surface area (Å²) in [7, 11) is 0. The molecule has 0 aromatic heterocycles. The molecule has 0 aliphatic heterocycles. The SMILES string of the molecule is CC(=O)c1cccc(I)c1[N+](=O)[O-]. The van der Waals surface area contributed by atoms with E-state index in [0.29, 0.717) is 3.57 Å². The Bertz CT molecular complexity index is 376. The first kappa shape index (κ1) is 10.1. The fraction of sp³-hybridized carbons (Fsp3) is 0.125. The average molecular weight is 291 g/mol. The van der Waals surface area contributed by atoms with Crippen molar-refractivity contribution in [2.45, 2.75) is 6.92 Å². The molecule has 4 nitrogen and oxygen atoms in total. The molecule has 0 aliphatic carbocycles. The van der Waals surface area contributed by atoms with E-state index in [1.165, 1.54) is 13.0 Å². The third-order valence-electron chi connectivity index (χ3n) is 1.55. The Labute approximate surface area is 88.2 Å². The third-order valence-corrected chi connectivity index (χ3v) is 2.42. The Morgan fingerprint density at radius 1 is 1.54 bits per heavy atom. The number of hydrogen-bond donors (Lipinski definition) is 0. The molecular formula is C8H6INO3. The molecule has 1 rings (SSSR count). The lowest BCUT2D eigenvalue weighted by molar-refractivity contribution is -0.386. The smallest absolute Gasteiger partial charge is 0.293 e. The van der Waals surface area contributed by atoms with Crippen LogP contribution in [-0.4, -0.2) is 10.7 Å². The van der Waals surface area contributed by atoms with Crippen LogP contribution < -0.4 is 0 Å². The number of rotatable bonds is 2. The number of carbonyl (C=O) groups excluding carboxylic acids is 1. The molecule has 0 saturated carbocycles. The van der Waals surface area contributed by atoms with E-state index in [0.717, 1.165) is 0 Å². The monoisotopic (exact) mass is 291 g/mol. The van der Waals surface area contributed by atoms with Gasteiger partial charge < -0.3 is 0 Å². The van der Waals surface area contributed by atoms with Crippen molar-refractivity contribution in [3.05, 3.63) is 37.4 Å². The van der Waals surface area contributed by atoms with Gasteiger partial charge in [-0.1, -0.05) is 6.07 Å². The van der Waals surface area contributed by atoms with Crippen molar-refractivity contribution in [3.8, 4) is 0 Å². The van der Waals surface area contributed by atoms with Crippen molar-refractivity contribution >= 4 is 34.1 Å². The molecule has 68 valence electrons. The van der Waals surface area contributed by atoms with Gasteiger partial charge in [0, 0.05) is 0 Å². The van der Waals surface area contributed by atoms with Crippen LogP contribution in [0.5, 0.6) is 0 Å². The maximum atomic E-state index is 11.0. The molecular weight excluding hydrogens is 285 g/mol. The maximum Gasteiger partial charge on any atom is 0.293 e. The zero-order valence-corrected chi connectivity index (χ0v) is 8.94. The molecule has 0 spiro atoms. The fourth-order valence-electron chi connectivity index (χ4n) is 0.985. The number of Topliss-reactive ketones (excluding diaryl/α,β-unsaturated/α-hetero) is 1. The second kappa shape index (κ2) is 3.82. The Hall–Kier alpha value is -0.980. The summed E-state index contributed by atoms with van der Waals surface area (Å²) >= 11 is 1.84. The number of nitro benzene ring substituents is 1. The lowest BCUT2D eigenvalue weighted by Gasteiger charge is -1.99. The Morgan fingerprint density at radius 2 is 2.15 bits per heavy atom. The van der Waals surface area contributed by atoms with Crippen LogP contribution in [-0.2, 0) is 0 Å². The number of hydrogen-bond acceptors (Lipinski definition) is 3. The average Bonchev–Trinajstić information content (AvgIpc) is 2.02. The third kappa shape index (κ3) is 2.03. The molecule has 0 saturated heterocycles. The van der Waals surface area contributed by atoms with Gasteiger partial charge in [-0.25, -0.2) is 0 Å². The first-order chi connectivity index (χ1) is 6.04. The van der Waals surface area contributed by atoms with Crippen LogP contribution in [0.3, 0.4) is 0 Å². The van der Waals surface area contributed by atoms with E-state index in [2.05, 4.69) is 0 Å². The molecule has 1 aromatic carbocycles. The molecule has 0 fully saturated rings. The summed E-state index contributed by atoms with van der Waals surface area (Å²) in [6, 6.07) is 4.69. The minimum absolute atomic E-state index is 0.101. The number of nitrogens with zero attached hydrogens (tertiary/aromatic N) is 1. The van der Waals surface area contributed by atoms with Crippen molar-refractivity contribution in [2.75, 3.05) is 0 Å². The largest absolute Gasteiger partial charge is 0.294 e. The van der Waals surface area contributed by atoms with Gasteiger partial charge in [0.25, 0.3) is 5.69 Å². The number of carbonyl (C=O) groups is 1. The molecule has 0 heterocycles. The zero-order chi connectivity index (χ0) is 10.0. The molecule has 0 bridgehead atoms. The van der Waals surface area contributed by atoms with Gasteiger partial charge in [-0.15, -0.1) is 0 Å². The van der Waals surface area contributed by atoms with Crippen LogP contribution in [0, 0.1) is 13.7 Å². The summed E-state index contributed by atoms with van der Waals surface area (Å²) in [6.45, 7) is 1.32. The van der Waals surface area contributed by atoms with Crippen LogP contribution in [0.1, 0.15) is 17.3 Å². The first-order valence-electron chi connectivity index (χ1n) is 3.48. The molecule has 13 heavy (non-hydrogen) atoms. The van der Waals surface area contributed by atoms with Gasteiger partial charge in [-0.05, 0) is 41.6 Å². The summed E-state index contributed by atoms with van der Waals surface area (Å²) in [5.41, 5.74) is 0.0625.